The van der Waals surface area contributed by atoms with Gasteiger partial charge in [-0.15, -0.1) is 0 Å². The van der Waals surface area contributed by atoms with E-state index in [9.17, 15) is 4.39 Å². The quantitative estimate of drug-likeness (QED) is 0.415. The van der Waals surface area contributed by atoms with E-state index in [1.165, 1.54) is 0 Å². The van der Waals surface area contributed by atoms with Gasteiger partial charge in [-0.2, -0.15) is 4.39 Å². The molecule has 0 atom stereocenters. The van der Waals surface area contributed by atoms with Crippen LogP contribution in [0.5, 0.6) is 0 Å². The topological polar surface area (TPSA) is 79.4 Å². The van der Waals surface area contributed by atoms with Crippen molar-refractivity contribution in [3.05, 3.63) is 77.0 Å². The minimum atomic E-state index is -0.471. The van der Waals surface area contributed by atoms with E-state index in [0.29, 0.717) is 24.3 Å². The number of rotatable bonds is 8. The predicted octanol–water partition coefficient (Wildman–Crippen LogP) is 4.74. The van der Waals surface area contributed by atoms with Gasteiger partial charge in [0.25, 0.3) is 0 Å². The Kier molecular flexibility index (Phi) is 5.97. The Balaban J connectivity index is 1.41. The molecule has 0 amide bonds. The van der Waals surface area contributed by atoms with Crippen LogP contribution in [0.3, 0.4) is 0 Å². The Hall–Kier alpha value is -3.35. The molecule has 6 nitrogen and oxygen atoms in total. The molecule has 0 saturated carbocycles. The number of hydrogen-bond donors (Lipinski definition) is 2. The summed E-state index contributed by atoms with van der Waals surface area (Å²) in [7, 11) is 0. The monoisotopic (exact) mass is 404 g/mol. The second kappa shape index (κ2) is 8.98. The standard InChI is InChI=1S/C23H25FN6/c1-3-4-5-20-25-11-16(12-26-20)13-27-21-7-6-17(22(24)30-21)9-18-14-29-23-19(18)8-15(2)10-28-23/h6-8,10-12,14H,3-5,9,13H2,1-2H3,(H,27,30)(H,28,29). The van der Waals surface area contributed by atoms with E-state index in [2.05, 4.69) is 43.2 Å². The number of unbranched alkanes of at least 4 members (excludes halogenated alkanes) is 1. The molecule has 4 heterocycles. The van der Waals surface area contributed by atoms with Crippen LogP contribution in [-0.2, 0) is 19.4 Å². The molecule has 0 radical (unpaired) electrons. The van der Waals surface area contributed by atoms with Crippen LogP contribution in [0.25, 0.3) is 11.0 Å². The number of anilines is 1. The third kappa shape index (κ3) is 4.62. The van der Waals surface area contributed by atoms with Crippen molar-refractivity contribution in [1.29, 1.82) is 0 Å². The van der Waals surface area contributed by atoms with Gasteiger partial charge in [0.2, 0.25) is 5.95 Å². The van der Waals surface area contributed by atoms with Gasteiger partial charge in [-0.3, -0.25) is 0 Å². The molecule has 0 spiro atoms. The largest absolute Gasteiger partial charge is 0.366 e. The van der Waals surface area contributed by atoms with Crippen LogP contribution in [0.15, 0.2) is 43.0 Å². The molecule has 30 heavy (non-hydrogen) atoms. The molecule has 0 fully saturated rings. The summed E-state index contributed by atoms with van der Waals surface area (Å²) in [4.78, 5) is 20.3. The molecule has 0 bridgehead atoms. The van der Waals surface area contributed by atoms with Crippen molar-refractivity contribution in [2.24, 2.45) is 0 Å². The summed E-state index contributed by atoms with van der Waals surface area (Å²) >= 11 is 0. The molecule has 4 aromatic heterocycles. The number of aryl methyl sites for hydroxylation is 2. The summed E-state index contributed by atoms with van der Waals surface area (Å²) in [5.74, 6) is 0.876. The number of halogens is 1. The summed E-state index contributed by atoms with van der Waals surface area (Å²) in [6.07, 6.45) is 10.9. The number of pyridine rings is 2. The van der Waals surface area contributed by atoms with Crippen LogP contribution in [-0.4, -0.2) is 24.9 Å². The number of hydrogen-bond acceptors (Lipinski definition) is 5. The summed E-state index contributed by atoms with van der Waals surface area (Å²) in [6.45, 7) is 4.64. The van der Waals surface area contributed by atoms with Crippen molar-refractivity contribution in [3.63, 3.8) is 0 Å². The van der Waals surface area contributed by atoms with Crippen molar-refractivity contribution in [3.8, 4) is 0 Å². The van der Waals surface area contributed by atoms with E-state index in [1.807, 2.05) is 31.7 Å². The number of H-pyrrole nitrogens is 1. The van der Waals surface area contributed by atoms with E-state index in [1.54, 1.807) is 12.1 Å². The van der Waals surface area contributed by atoms with Crippen molar-refractivity contribution in [2.45, 2.75) is 46.1 Å². The van der Waals surface area contributed by atoms with Gasteiger partial charge in [0.1, 0.15) is 17.3 Å². The maximum absolute atomic E-state index is 14.6. The highest BCUT2D eigenvalue weighted by Crippen LogP contribution is 2.22. The van der Waals surface area contributed by atoms with E-state index in [4.69, 9.17) is 0 Å². The van der Waals surface area contributed by atoms with Gasteiger partial charge in [0, 0.05) is 60.7 Å². The Labute approximate surface area is 175 Å². The Morgan fingerprint density at radius 3 is 2.67 bits per heavy atom. The molecule has 0 aliphatic heterocycles. The van der Waals surface area contributed by atoms with Crippen molar-refractivity contribution in [1.82, 2.24) is 24.9 Å². The average Bonchev–Trinajstić information content (AvgIpc) is 3.15. The first-order chi connectivity index (χ1) is 14.6. The molecule has 0 aliphatic rings. The molecule has 0 saturated heterocycles. The summed E-state index contributed by atoms with van der Waals surface area (Å²) in [6, 6.07) is 5.63. The van der Waals surface area contributed by atoms with Gasteiger partial charge in [-0.25, -0.2) is 19.9 Å². The molecule has 0 aromatic carbocycles. The molecule has 0 aliphatic carbocycles. The smallest absolute Gasteiger partial charge is 0.218 e. The molecule has 2 N–H and O–H groups in total. The Morgan fingerprint density at radius 2 is 1.90 bits per heavy atom. The van der Waals surface area contributed by atoms with Crippen LogP contribution < -0.4 is 5.32 Å². The third-order valence-corrected chi connectivity index (χ3v) is 5.05. The first kappa shape index (κ1) is 19.9. The maximum Gasteiger partial charge on any atom is 0.218 e. The minimum absolute atomic E-state index is 0.456. The summed E-state index contributed by atoms with van der Waals surface area (Å²) in [5, 5.41) is 4.15. The number of aromatic amines is 1. The van der Waals surface area contributed by atoms with Gasteiger partial charge in [0.05, 0.1) is 0 Å². The first-order valence-electron chi connectivity index (χ1n) is 10.2. The SMILES string of the molecule is CCCCc1ncc(CNc2ccc(Cc3c[nH]c4ncc(C)cc34)c(F)n2)cn1. The molecule has 4 rings (SSSR count). The van der Waals surface area contributed by atoms with E-state index in [0.717, 1.165) is 52.8 Å². The number of nitrogens with zero attached hydrogens (tertiary/aromatic N) is 4. The zero-order valence-corrected chi connectivity index (χ0v) is 17.2. The highest BCUT2D eigenvalue weighted by atomic mass is 19.1. The first-order valence-corrected chi connectivity index (χ1v) is 10.2. The zero-order chi connectivity index (χ0) is 20.9. The second-order valence-corrected chi connectivity index (χ2v) is 7.51. The Morgan fingerprint density at radius 1 is 1.07 bits per heavy atom. The van der Waals surface area contributed by atoms with Crippen molar-refractivity contribution < 1.29 is 4.39 Å². The lowest BCUT2D eigenvalue weighted by atomic mass is 10.1. The number of aromatic nitrogens is 5. The van der Waals surface area contributed by atoms with Crippen LogP contribution in [0.1, 0.15) is 47.8 Å². The van der Waals surface area contributed by atoms with Gasteiger partial charge in [0.15, 0.2) is 0 Å². The highest BCUT2D eigenvalue weighted by molar-refractivity contribution is 5.80. The van der Waals surface area contributed by atoms with Gasteiger partial charge < -0.3 is 10.3 Å². The molecule has 4 aromatic rings. The lowest BCUT2D eigenvalue weighted by Gasteiger charge is -2.08. The molecule has 7 heteroatoms. The number of nitrogens with one attached hydrogen (secondary N) is 2. The van der Waals surface area contributed by atoms with Crippen molar-refractivity contribution >= 4 is 16.9 Å². The minimum Gasteiger partial charge on any atom is -0.366 e. The molecular formula is C23H25FN6. The lowest BCUT2D eigenvalue weighted by Crippen LogP contribution is -2.06. The van der Waals surface area contributed by atoms with E-state index < -0.39 is 5.95 Å². The summed E-state index contributed by atoms with van der Waals surface area (Å²) in [5.41, 5.74) is 4.37. The van der Waals surface area contributed by atoms with Crippen LogP contribution >= 0.6 is 0 Å². The summed E-state index contributed by atoms with van der Waals surface area (Å²) < 4.78 is 14.6. The van der Waals surface area contributed by atoms with E-state index >= 15 is 0 Å². The third-order valence-electron chi connectivity index (χ3n) is 5.05. The fraction of sp³-hybridized carbons (Fsp3) is 0.304. The Bertz CT molecular complexity index is 1140. The van der Waals surface area contributed by atoms with Crippen molar-refractivity contribution in [2.75, 3.05) is 5.32 Å². The average molecular weight is 404 g/mol. The molecule has 0 unspecified atom stereocenters. The normalized spacial score (nSPS) is 11.2. The second-order valence-electron chi connectivity index (χ2n) is 7.51. The molecular weight excluding hydrogens is 379 g/mol. The van der Waals surface area contributed by atoms with Gasteiger partial charge in [-0.05, 0) is 36.6 Å². The van der Waals surface area contributed by atoms with Gasteiger partial charge >= 0.3 is 0 Å². The lowest BCUT2D eigenvalue weighted by molar-refractivity contribution is 0.571. The predicted molar refractivity (Wildman–Crippen MR) is 116 cm³/mol. The van der Waals surface area contributed by atoms with Crippen LogP contribution in [0.4, 0.5) is 10.2 Å². The highest BCUT2D eigenvalue weighted by Gasteiger charge is 2.11. The maximum atomic E-state index is 14.6. The molecule has 154 valence electrons. The fourth-order valence-corrected chi connectivity index (χ4v) is 3.34. The van der Waals surface area contributed by atoms with Gasteiger partial charge in [-0.1, -0.05) is 19.4 Å². The van der Waals surface area contributed by atoms with Crippen LogP contribution in [0, 0.1) is 12.9 Å². The fourth-order valence-electron chi connectivity index (χ4n) is 3.34. The zero-order valence-electron chi connectivity index (χ0n) is 17.2. The van der Waals surface area contributed by atoms with Crippen LogP contribution in [0.2, 0.25) is 0 Å². The van der Waals surface area contributed by atoms with E-state index in [-0.39, 0.29) is 0 Å². The number of fused-ring (bicyclic) bond motifs is 1.